The van der Waals surface area contributed by atoms with Crippen LogP contribution in [0.4, 0.5) is 11.5 Å². The van der Waals surface area contributed by atoms with Crippen LogP contribution in [0.2, 0.25) is 0 Å². The Morgan fingerprint density at radius 3 is 2.33 bits per heavy atom. The minimum absolute atomic E-state index is 0.0731. The van der Waals surface area contributed by atoms with Crippen molar-refractivity contribution in [1.29, 1.82) is 0 Å². The average Bonchev–Trinajstić information content (AvgIpc) is 2.84. The fraction of sp³-hybridized carbons (Fsp3) is 0.333. The van der Waals surface area contributed by atoms with Gasteiger partial charge in [-0.1, -0.05) is 24.3 Å². The van der Waals surface area contributed by atoms with E-state index in [4.69, 9.17) is 9.72 Å². The molecule has 2 aliphatic heterocycles. The quantitative estimate of drug-likeness (QED) is 0.674. The van der Waals surface area contributed by atoms with Gasteiger partial charge in [0.25, 0.3) is 5.91 Å². The normalized spacial score (nSPS) is 17.4. The molecule has 1 amide bonds. The highest BCUT2D eigenvalue weighted by Gasteiger charge is 2.22. The zero-order valence-electron chi connectivity index (χ0n) is 17.0. The van der Waals surface area contributed by atoms with Gasteiger partial charge in [-0.25, -0.2) is 4.98 Å². The second-order valence-corrected chi connectivity index (χ2v) is 7.78. The summed E-state index contributed by atoms with van der Waals surface area (Å²) >= 11 is 0. The van der Waals surface area contributed by atoms with E-state index in [0.717, 1.165) is 48.3 Å². The first-order valence-electron chi connectivity index (χ1n) is 10.6. The summed E-state index contributed by atoms with van der Waals surface area (Å²) in [6.45, 7) is 6.24. The molecule has 0 atom stereocenters. The van der Waals surface area contributed by atoms with Crippen LogP contribution >= 0.6 is 0 Å². The van der Waals surface area contributed by atoms with Crippen molar-refractivity contribution < 1.29 is 9.53 Å². The number of carbonyl (C=O) groups is 1. The van der Waals surface area contributed by atoms with Gasteiger partial charge in [0.1, 0.15) is 5.82 Å². The van der Waals surface area contributed by atoms with Crippen molar-refractivity contribution in [3.63, 3.8) is 0 Å². The number of hydrogen-bond donors (Lipinski definition) is 0. The molecular formula is C24H26N4O2. The number of morpholine rings is 1. The molecule has 3 heterocycles. The van der Waals surface area contributed by atoms with Crippen LogP contribution in [-0.4, -0.2) is 68.3 Å². The monoisotopic (exact) mass is 402 g/mol. The zero-order valence-corrected chi connectivity index (χ0v) is 17.0. The molecule has 6 nitrogen and oxygen atoms in total. The van der Waals surface area contributed by atoms with Crippen LogP contribution in [0, 0.1) is 0 Å². The van der Waals surface area contributed by atoms with E-state index in [0.29, 0.717) is 26.3 Å². The molecule has 5 rings (SSSR count). The summed E-state index contributed by atoms with van der Waals surface area (Å²) in [6.07, 6.45) is 1.87. The number of amides is 1. The SMILES string of the molecule is O=C(c1ccc2ccnc(N3CCN(c4ccccc4)CC3)c2c1)N1CCOCC1. The van der Waals surface area contributed by atoms with Crippen LogP contribution in [0.25, 0.3) is 10.8 Å². The second kappa shape index (κ2) is 8.32. The van der Waals surface area contributed by atoms with Crippen molar-refractivity contribution in [2.75, 3.05) is 62.3 Å². The number of ether oxygens (including phenoxy) is 1. The van der Waals surface area contributed by atoms with Crippen molar-refractivity contribution in [3.05, 3.63) is 66.4 Å². The summed E-state index contributed by atoms with van der Waals surface area (Å²) < 4.78 is 5.38. The van der Waals surface area contributed by atoms with E-state index < -0.39 is 0 Å². The predicted molar refractivity (Wildman–Crippen MR) is 119 cm³/mol. The van der Waals surface area contributed by atoms with Gasteiger partial charge in [-0.15, -0.1) is 0 Å². The molecule has 2 aliphatic rings. The molecule has 0 radical (unpaired) electrons. The number of hydrogen-bond acceptors (Lipinski definition) is 5. The lowest BCUT2D eigenvalue weighted by molar-refractivity contribution is 0.0303. The van der Waals surface area contributed by atoms with Crippen LogP contribution in [0.3, 0.4) is 0 Å². The fourth-order valence-electron chi connectivity index (χ4n) is 4.30. The van der Waals surface area contributed by atoms with Gasteiger partial charge in [0.05, 0.1) is 13.2 Å². The van der Waals surface area contributed by atoms with E-state index in [1.165, 1.54) is 5.69 Å². The molecule has 6 heteroatoms. The largest absolute Gasteiger partial charge is 0.378 e. The van der Waals surface area contributed by atoms with Crippen LogP contribution in [-0.2, 0) is 4.74 Å². The summed E-state index contributed by atoms with van der Waals surface area (Å²) in [5.74, 6) is 1.04. The van der Waals surface area contributed by atoms with Gasteiger partial charge in [0, 0.05) is 62.1 Å². The minimum atomic E-state index is 0.0731. The Morgan fingerprint density at radius 2 is 1.57 bits per heavy atom. The van der Waals surface area contributed by atoms with E-state index in [1.54, 1.807) is 0 Å². The number of para-hydroxylation sites is 1. The molecule has 0 saturated carbocycles. The summed E-state index contributed by atoms with van der Waals surface area (Å²) in [6, 6.07) is 18.5. The molecule has 0 aliphatic carbocycles. The Hall–Kier alpha value is -3.12. The van der Waals surface area contributed by atoms with E-state index in [1.807, 2.05) is 35.4 Å². The Morgan fingerprint density at radius 1 is 0.833 bits per heavy atom. The van der Waals surface area contributed by atoms with Crippen molar-refractivity contribution in [1.82, 2.24) is 9.88 Å². The first-order valence-corrected chi connectivity index (χ1v) is 10.6. The van der Waals surface area contributed by atoms with Crippen LogP contribution in [0.5, 0.6) is 0 Å². The molecule has 1 aromatic heterocycles. The Bertz CT molecular complexity index is 1030. The van der Waals surface area contributed by atoms with Crippen LogP contribution in [0.1, 0.15) is 10.4 Å². The van der Waals surface area contributed by atoms with E-state index >= 15 is 0 Å². The molecular weight excluding hydrogens is 376 g/mol. The number of aromatic nitrogens is 1. The van der Waals surface area contributed by atoms with Gasteiger partial charge in [-0.05, 0) is 35.7 Å². The number of benzene rings is 2. The highest BCUT2D eigenvalue weighted by Crippen LogP contribution is 2.28. The molecule has 30 heavy (non-hydrogen) atoms. The molecule has 0 bridgehead atoms. The lowest BCUT2D eigenvalue weighted by atomic mass is 10.1. The van der Waals surface area contributed by atoms with E-state index in [2.05, 4.69) is 40.1 Å². The molecule has 3 aromatic rings. The third-order valence-corrected chi connectivity index (χ3v) is 5.99. The first-order chi connectivity index (χ1) is 14.8. The Balaban J connectivity index is 1.38. The number of anilines is 2. The van der Waals surface area contributed by atoms with Gasteiger partial charge in [0.15, 0.2) is 0 Å². The average molecular weight is 402 g/mol. The molecule has 0 N–H and O–H groups in total. The molecule has 154 valence electrons. The lowest BCUT2D eigenvalue weighted by Crippen LogP contribution is -2.46. The summed E-state index contributed by atoms with van der Waals surface area (Å²) in [7, 11) is 0. The number of carbonyl (C=O) groups excluding carboxylic acids is 1. The van der Waals surface area contributed by atoms with Crippen molar-refractivity contribution in [2.24, 2.45) is 0 Å². The molecule has 2 aromatic carbocycles. The summed E-state index contributed by atoms with van der Waals surface area (Å²) in [5.41, 5.74) is 1.99. The van der Waals surface area contributed by atoms with Gasteiger partial charge < -0.3 is 19.4 Å². The highest BCUT2D eigenvalue weighted by atomic mass is 16.5. The summed E-state index contributed by atoms with van der Waals surface area (Å²) in [5, 5.41) is 2.16. The molecule has 0 spiro atoms. The molecule has 2 fully saturated rings. The van der Waals surface area contributed by atoms with Gasteiger partial charge in [-0.3, -0.25) is 4.79 Å². The third kappa shape index (κ3) is 3.71. The maximum absolute atomic E-state index is 13.0. The van der Waals surface area contributed by atoms with Crippen molar-refractivity contribution >= 4 is 28.2 Å². The highest BCUT2D eigenvalue weighted by molar-refractivity contribution is 6.01. The lowest BCUT2D eigenvalue weighted by Gasteiger charge is -2.37. The minimum Gasteiger partial charge on any atom is -0.378 e. The summed E-state index contributed by atoms with van der Waals surface area (Å²) in [4.78, 5) is 24.3. The maximum atomic E-state index is 13.0. The number of piperazine rings is 1. The van der Waals surface area contributed by atoms with Gasteiger partial charge in [-0.2, -0.15) is 0 Å². The number of fused-ring (bicyclic) bond motifs is 1. The van der Waals surface area contributed by atoms with Gasteiger partial charge in [0.2, 0.25) is 0 Å². The van der Waals surface area contributed by atoms with Crippen LogP contribution < -0.4 is 9.80 Å². The zero-order chi connectivity index (χ0) is 20.3. The topological polar surface area (TPSA) is 48.9 Å². The number of nitrogens with zero attached hydrogens (tertiary/aromatic N) is 4. The maximum Gasteiger partial charge on any atom is 0.254 e. The first kappa shape index (κ1) is 18.9. The van der Waals surface area contributed by atoms with Crippen LogP contribution in [0.15, 0.2) is 60.8 Å². The number of rotatable bonds is 3. The predicted octanol–water partition coefficient (Wildman–Crippen LogP) is 3.03. The Labute approximate surface area is 176 Å². The van der Waals surface area contributed by atoms with Crippen molar-refractivity contribution in [2.45, 2.75) is 0 Å². The molecule has 2 saturated heterocycles. The Kier molecular flexibility index (Phi) is 5.24. The molecule has 0 unspecified atom stereocenters. The number of pyridine rings is 1. The van der Waals surface area contributed by atoms with Crippen molar-refractivity contribution in [3.8, 4) is 0 Å². The second-order valence-electron chi connectivity index (χ2n) is 7.78. The smallest absolute Gasteiger partial charge is 0.254 e. The fourth-order valence-corrected chi connectivity index (χ4v) is 4.30. The standard InChI is InChI=1S/C24H26N4O2/c29-24(28-14-16-30-17-15-28)20-7-6-19-8-9-25-23(22(19)18-20)27-12-10-26(11-13-27)21-4-2-1-3-5-21/h1-9,18H,10-17H2. The van der Waals surface area contributed by atoms with Gasteiger partial charge >= 0.3 is 0 Å². The van der Waals surface area contributed by atoms with E-state index in [9.17, 15) is 4.79 Å². The third-order valence-electron chi connectivity index (χ3n) is 5.99. The van der Waals surface area contributed by atoms with E-state index in [-0.39, 0.29) is 5.91 Å².